The van der Waals surface area contributed by atoms with Gasteiger partial charge in [-0.3, -0.25) is 4.79 Å². The Kier molecular flexibility index (Phi) is 4.46. The third-order valence-corrected chi connectivity index (χ3v) is 4.62. The van der Waals surface area contributed by atoms with Gasteiger partial charge in [-0.1, -0.05) is 0 Å². The van der Waals surface area contributed by atoms with Gasteiger partial charge in [-0.25, -0.2) is 0 Å². The Labute approximate surface area is 135 Å². The Morgan fingerprint density at radius 2 is 2.30 bits per heavy atom. The van der Waals surface area contributed by atoms with Crippen LogP contribution in [0.5, 0.6) is 11.5 Å². The summed E-state index contributed by atoms with van der Waals surface area (Å²) in [5.74, 6) is 0.892. The van der Waals surface area contributed by atoms with Crippen LogP contribution < -0.4 is 14.8 Å². The highest BCUT2D eigenvalue weighted by atomic mass is 16.5. The van der Waals surface area contributed by atoms with Crippen LogP contribution in [0.4, 0.5) is 0 Å². The molecule has 2 aliphatic rings. The van der Waals surface area contributed by atoms with Crippen LogP contribution in [0.1, 0.15) is 44.2 Å². The van der Waals surface area contributed by atoms with Crippen molar-refractivity contribution in [2.75, 3.05) is 13.2 Å². The Hall–Kier alpha value is -1.79. The largest absolute Gasteiger partial charge is 0.494 e. The molecule has 1 saturated carbocycles. The number of amides is 1. The van der Waals surface area contributed by atoms with Crippen molar-refractivity contribution in [3.05, 3.63) is 23.8 Å². The Balaban J connectivity index is 1.74. The van der Waals surface area contributed by atoms with Crippen molar-refractivity contribution in [2.45, 2.75) is 50.4 Å². The number of ether oxygens (including phenoxy) is 2. The van der Waals surface area contributed by atoms with E-state index in [1.807, 2.05) is 25.1 Å². The van der Waals surface area contributed by atoms with E-state index in [4.69, 9.17) is 9.47 Å². The Bertz CT molecular complexity index is 584. The van der Waals surface area contributed by atoms with Crippen LogP contribution in [-0.2, 0) is 4.79 Å². The van der Waals surface area contributed by atoms with Crippen LogP contribution in [0.3, 0.4) is 0 Å². The van der Waals surface area contributed by atoms with E-state index in [0.29, 0.717) is 44.0 Å². The molecular formula is C17H23NO5. The first kappa shape index (κ1) is 16.1. The molecule has 3 N–H and O–H groups in total. The van der Waals surface area contributed by atoms with Crippen LogP contribution in [0.25, 0.3) is 0 Å². The molecule has 1 aromatic carbocycles. The number of carbonyl (C=O) groups is 1. The highest BCUT2D eigenvalue weighted by Crippen LogP contribution is 2.37. The lowest BCUT2D eigenvalue weighted by atomic mass is 9.75. The molecule has 0 bridgehead atoms. The van der Waals surface area contributed by atoms with E-state index in [1.165, 1.54) is 0 Å². The molecule has 126 valence electrons. The third-order valence-electron chi connectivity index (χ3n) is 4.62. The van der Waals surface area contributed by atoms with Gasteiger partial charge in [-0.05, 0) is 44.4 Å². The number of benzene rings is 1. The lowest BCUT2D eigenvalue weighted by Gasteiger charge is -2.40. The van der Waals surface area contributed by atoms with Gasteiger partial charge in [0.05, 0.1) is 24.9 Å². The van der Waals surface area contributed by atoms with Crippen LogP contribution in [0.2, 0.25) is 0 Å². The molecule has 6 nitrogen and oxygen atoms in total. The number of hydrogen-bond acceptors (Lipinski definition) is 5. The van der Waals surface area contributed by atoms with E-state index in [1.54, 1.807) is 0 Å². The van der Waals surface area contributed by atoms with Gasteiger partial charge >= 0.3 is 0 Å². The first-order valence-electron chi connectivity index (χ1n) is 8.14. The highest BCUT2D eigenvalue weighted by Gasteiger charge is 2.45. The van der Waals surface area contributed by atoms with Crippen LogP contribution in [0, 0.1) is 0 Å². The topological polar surface area (TPSA) is 88.0 Å². The molecule has 0 spiro atoms. The predicted molar refractivity (Wildman–Crippen MR) is 83.4 cm³/mol. The van der Waals surface area contributed by atoms with Gasteiger partial charge in [0.1, 0.15) is 11.5 Å². The van der Waals surface area contributed by atoms with Crippen molar-refractivity contribution < 1.29 is 24.5 Å². The van der Waals surface area contributed by atoms with Gasteiger partial charge < -0.3 is 25.0 Å². The number of aliphatic hydroxyl groups is 2. The van der Waals surface area contributed by atoms with Gasteiger partial charge in [0, 0.05) is 12.0 Å². The Morgan fingerprint density at radius 3 is 2.96 bits per heavy atom. The summed E-state index contributed by atoms with van der Waals surface area (Å²) < 4.78 is 11.1. The summed E-state index contributed by atoms with van der Waals surface area (Å²) in [6.07, 6.45) is 0.969. The second-order valence-electron chi connectivity index (χ2n) is 6.19. The standard InChI is InChI=1S/C17H23NO5/c1-2-22-11-4-5-14-12(10-11)13(6-9-23-14)18-16(20)15(19)17(21)7-3-8-17/h4-5,10,13,15,19,21H,2-3,6-9H2,1H3,(H,18,20). The normalized spacial score (nSPS) is 23.0. The molecule has 1 amide bonds. The molecule has 2 unspecified atom stereocenters. The molecule has 0 aromatic heterocycles. The first-order valence-corrected chi connectivity index (χ1v) is 8.14. The number of rotatable bonds is 5. The summed E-state index contributed by atoms with van der Waals surface area (Å²) in [6, 6.07) is 5.25. The van der Waals surface area contributed by atoms with Crippen molar-refractivity contribution in [3.63, 3.8) is 0 Å². The number of fused-ring (bicyclic) bond motifs is 1. The summed E-state index contributed by atoms with van der Waals surface area (Å²) in [7, 11) is 0. The van der Waals surface area contributed by atoms with Crippen molar-refractivity contribution in [1.82, 2.24) is 5.32 Å². The quantitative estimate of drug-likeness (QED) is 0.761. The SMILES string of the molecule is CCOc1ccc2c(c1)C(NC(=O)C(O)C1(O)CCC1)CCO2. The third kappa shape index (κ3) is 3.14. The van der Waals surface area contributed by atoms with Gasteiger partial charge in [0.25, 0.3) is 5.91 Å². The van der Waals surface area contributed by atoms with E-state index >= 15 is 0 Å². The van der Waals surface area contributed by atoms with Gasteiger partial charge in [0.15, 0.2) is 6.10 Å². The average Bonchev–Trinajstić information content (AvgIpc) is 2.52. The van der Waals surface area contributed by atoms with E-state index < -0.39 is 17.6 Å². The molecular weight excluding hydrogens is 298 g/mol. The maximum atomic E-state index is 12.3. The monoisotopic (exact) mass is 321 g/mol. The van der Waals surface area contributed by atoms with Crippen molar-refractivity contribution in [2.24, 2.45) is 0 Å². The summed E-state index contributed by atoms with van der Waals surface area (Å²) >= 11 is 0. The molecule has 3 rings (SSSR count). The molecule has 0 radical (unpaired) electrons. The van der Waals surface area contributed by atoms with Crippen LogP contribution in [0.15, 0.2) is 18.2 Å². The van der Waals surface area contributed by atoms with Crippen molar-refractivity contribution in [1.29, 1.82) is 0 Å². The maximum absolute atomic E-state index is 12.3. The molecule has 0 saturated heterocycles. The van der Waals surface area contributed by atoms with E-state index in [2.05, 4.69) is 5.32 Å². The zero-order valence-corrected chi connectivity index (χ0v) is 13.2. The lowest BCUT2D eigenvalue weighted by molar-refractivity contribution is -0.159. The summed E-state index contributed by atoms with van der Waals surface area (Å²) in [4.78, 5) is 12.3. The number of aliphatic hydroxyl groups excluding tert-OH is 1. The average molecular weight is 321 g/mol. The molecule has 1 heterocycles. The zero-order valence-electron chi connectivity index (χ0n) is 13.2. The maximum Gasteiger partial charge on any atom is 0.252 e. The van der Waals surface area contributed by atoms with Gasteiger partial charge in [0.2, 0.25) is 0 Å². The number of nitrogens with one attached hydrogen (secondary N) is 1. The molecule has 1 aromatic rings. The minimum absolute atomic E-state index is 0.259. The molecule has 1 aliphatic heterocycles. The number of hydrogen-bond donors (Lipinski definition) is 3. The molecule has 6 heteroatoms. The second kappa shape index (κ2) is 6.37. The fraction of sp³-hybridized carbons (Fsp3) is 0.588. The van der Waals surface area contributed by atoms with Crippen molar-refractivity contribution in [3.8, 4) is 11.5 Å². The van der Waals surface area contributed by atoms with Gasteiger partial charge in [-0.2, -0.15) is 0 Å². The van der Waals surface area contributed by atoms with Gasteiger partial charge in [-0.15, -0.1) is 0 Å². The van der Waals surface area contributed by atoms with E-state index in [0.717, 1.165) is 12.0 Å². The highest BCUT2D eigenvalue weighted by molar-refractivity contribution is 5.82. The smallest absolute Gasteiger partial charge is 0.252 e. The van der Waals surface area contributed by atoms with Crippen molar-refractivity contribution >= 4 is 5.91 Å². The lowest BCUT2D eigenvalue weighted by Crippen LogP contribution is -2.55. The Morgan fingerprint density at radius 1 is 1.52 bits per heavy atom. The van der Waals surface area contributed by atoms with Crippen LogP contribution in [-0.4, -0.2) is 41.0 Å². The minimum Gasteiger partial charge on any atom is -0.494 e. The summed E-state index contributed by atoms with van der Waals surface area (Å²) in [5.41, 5.74) is -0.436. The zero-order chi connectivity index (χ0) is 16.4. The fourth-order valence-electron chi connectivity index (χ4n) is 3.09. The number of carbonyl (C=O) groups excluding carboxylic acids is 1. The van der Waals surface area contributed by atoms with Crippen LogP contribution >= 0.6 is 0 Å². The van der Waals surface area contributed by atoms with E-state index in [9.17, 15) is 15.0 Å². The van der Waals surface area contributed by atoms with E-state index in [-0.39, 0.29) is 6.04 Å². The second-order valence-corrected chi connectivity index (χ2v) is 6.19. The summed E-state index contributed by atoms with van der Waals surface area (Å²) in [5, 5.41) is 23.1. The molecule has 1 aliphatic carbocycles. The molecule has 2 atom stereocenters. The summed E-state index contributed by atoms with van der Waals surface area (Å²) in [6.45, 7) is 2.96. The first-order chi connectivity index (χ1) is 11.0. The molecule has 1 fully saturated rings. The minimum atomic E-state index is -1.39. The fourth-order valence-corrected chi connectivity index (χ4v) is 3.09. The predicted octanol–water partition coefficient (Wildman–Crippen LogP) is 1.30. The molecule has 23 heavy (non-hydrogen) atoms.